The molecule has 0 spiro atoms. The van der Waals surface area contributed by atoms with Gasteiger partial charge in [-0.05, 0) is 32.8 Å². The lowest BCUT2D eigenvalue weighted by Gasteiger charge is -2.42. The molecule has 2 fully saturated rings. The van der Waals surface area contributed by atoms with Gasteiger partial charge < -0.3 is 15.1 Å². The fourth-order valence-corrected chi connectivity index (χ4v) is 4.28. The Morgan fingerprint density at radius 3 is 2.24 bits per heavy atom. The molecule has 1 amide bonds. The molecule has 1 saturated carbocycles. The van der Waals surface area contributed by atoms with Gasteiger partial charge >= 0.3 is 12.1 Å². The highest BCUT2D eigenvalue weighted by Gasteiger charge is 2.38. The molecule has 13 heteroatoms. The van der Waals surface area contributed by atoms with E-state index in [1.165, 1.54) is 6.42 Å². The molecule has 182 valence electrons. The lowest BCUT2D eigenvalue weighted by molar-refractivity contribution is -0.192. The van der Waals surface area contributed by atoms with E-state index < -0.39 is 12.1 Å². The number of aliphatic hydroxyl groups excluding tert-OH is 1. The molecule has 2 aromatic rings. The van der Waals surface area contributed by atoms with E-state index >= 15 is 0 Å². The number of halogens is 3. The Balaban J connectivity index is 0.000000383. The third-order valence-corrected chi connectivity index (χ3v) is 5.89. The number of carbonyl (C=O) groups is 2. The first kappa shape index (κ1) is 24.8. The molecule has 2 aromatic heterocycles. The molecule has 1 aliphatic heterocycles. The number of carboxylic acids is 1. The maximum Gasteiger partial charge on any atom is 0.490 e. The van der Waals surface area contributed by atoms with E-state index in [1.54, 1.807) is 4.40 Å². The number of aryl methyl sites for hydroxylation is 2. The summed E-state index contributed by atoms with van der Waals surface area (Å²) >= 11 is 0. The van der Waals surface area contributed by atoms with E-state index in [1.807, 2.05) is 24.8 Å². The zero-order valence-corrected chi connectivity index (χ0v) is 18.4. The minimum absolute atomic E-state index is 0.102. The van der Waals surface area contributed by atoms with Crippen LogP contribution in [0.3, 0.4) is 0 Å². The number of carbonyl (C=O) groups excluding carboxylic acids is 1. The smallest absolute Gasteiger partial charge is 0.475 e. The third-order valence-electron chi connectivity index (χ3n) is 5.89. The summed E-state index contributed by atoms with van der Waals surface area (Å²) in [6.07, 6.45) is -1.08. The second kappa shape index (κ2) is 10.00. The van der Waals surface area contributed by atoms with E-state index in [0.29, 0.717) is 24.7 Å². The number of hydrogen-bond donors (Lipinski definition) is 2. The highest BCUT2D eigenvalue weighted by atomic mass is 19.4. The maximum absolute atomic E-state index is 13.0. The van der Waals surface area contributed by atoms with Gasteiger partial charge in [-0.2, -0.15) is 13.2 Å². The molecular weight excluding hydrogens is 445 g/mol. The molecule has 2 atom stereocenters. The first-order valence-electron chi connectivity index (χ1n) is 10.7. The van der Waals surface area contributed by atoms with Crippen LogP contribution >= 0.6 is 0 Å². The number of fused-ring (bicyclic) bond motifs is 1. The van der Waals surface area contributed by atoms with Crippen LogP contribution in [0.2, 0.25) is 0 Å². The zero-order valence-electron chi connectivity index (χ0n) is 18.4. The number of aromatic nitrogens is 4. The Bertz CT molecular complexity index is 1000. The summed E-state index contributed by atoms with van der Waals surface area (Å²) in [4.78, 5) is 30.4. The normalized spacial score (nSPS) is 22.1. The molecule has 0 bridgehead atoms. The maximum atomic E-state index is 13.0. The van der Waals surface area contributed by atoms with Crippen molar-refractivity contribution in [2.45, 2.75) is 57.9 Å². The Morgan fingerprint density at radius 2 is 1.67 bits per heavy atom. The minimum Gasteiger partial charge on any atom is -0.475 e. The van der Waals surface area contributed by atoms with Gasteiger partial charge in [-0.1, -0.05) is 12.8 Å². The van der Waals surface area contributed by atoms with Crippen molar-refractivity contribution >= 4 is 17.7 Å². The number of aliphatic carboxylic acids is 1. The van der Waals surface area contributed by atoms with E-state index in [9.17, 15) is 23.1 Å². The van der Waals surface area contributed by atoms with Crippen molar-refractivity contribution < 1.29 is 33.0 Å². The molecule has 1 saturated heterocycles. The summed E-state index contributed by atoms with van der Waals surface area (Å²) in [5, 5.41) is 25.6. The summed E-state index contributed by atoms with van der Waals surface area (Å²) in [6, 6.07) is 2.17. The number of rotatable bonds is 2. The van der Waals surface area contributed by atoms with Crippen LogP contribution in [0.5, 0.6) is 0 Å². The van der Waals surface area contributed by atoms with Crippen molar-refractivity contribution in [1.82, 2.24) is 29.4 Å². The number of alkyl halides is 3. The molecule has 2 N–H and O–H groups in total. The van der Waals surface area contributed by atoms with Gasteiger partial charge in [0.1, 0.15) is 0 Å². The summed E-state index contributed by atoms with van der Waals surface area (Å²) in [6.45, 7) is 6.72. The van der Waals surface area contributed by atoms with Gasteiger partial charge in [-0.25, -0.2) is 9.78 Å². The molecule has 33 heavy (non-hydrogen) atoms. The van der Waals surface area contributed by atoms with Gasteiger partial charge in [0.15, 0.2) is 0 Å². The van der Waals surface area contributed by atoms with Crippen molar-refractivity contribution in [3.8, 4) is 0 Å². The van der Waals surface area contributed by atoms with Gasteiger partial charge in [0.05, 0.1) is 6.10 Å². The SMILES string of the molecule is Cc1cc(C)n2c(C(=O)N3CCN([C@H]4CCCC[C@@H]4O)CC3)nnc2n1.O=C(O)C(F)(F)F. The Morgan fingerprint density at radius 1 is 1.06 bits per heavy atom. The molecule has 10 nitrogen and oxygen atoms in total. The highest BCUT2D eigenvalue weighted by molar-refractivity contribution is 5.91. The number of nitrogens with zero attached hydrogens (tertiary/aromatic N) is 6. The molecule has 3 heterocycles. The predicted octanol–water partition coefficient (Wildman–Crippen LogP) is 1.44. The van der Waals surface area contributed by atoms with Crippen molar-refractivity contribution in [1.29, 1.82) is 0 Å². The van der Waals surface area contributed by atoms with Crippen LogP contribution in [0.4, 0.5) is 13.2 Å². The third kappa shape index (κ3) is 5.77. The Kier molecular flexibility index (Phi) is 7.52. The number of amides is 1. The number of carboxylic acid groups (broad SMARTS) is 1. The Labute approximate surface area is 188 Å². The van der Waals surface area contributed by atoms with Crippen molar-refractivity contribution in [3.63, 3.8) is 0 Å². The molecule has 1 aliphatic carbocycles. The van der Waals surface area contributed by atoms with Crippen molar-refractivity contribution in [2.24, 2.45) is 0 Å². The molecule has 0 unspecified atom stereocenters. The van der Waals surface area contributed by atoms with Crippen LogP contribution < -0.4 is 0 Å². The summed E-state index contributed by atoms with van der Waals surface area (Å²) < 4.78 is 33.5. The van der Waals surface area contributed by atoms with Gasteiger partial charge in [0.2, 0.25) is 5.82 Å². The molecule has 0 radical (unpaired) electrons. The van der Waals surface area contributed by atoms with Gasteiger partial charge in [-0.3, -0.25) is 14.1 Å². The number of hydrogen-bond acceptors (Lipinski definition) is 7. The minimum atomic E-state index is -5.08. The Hall–Kier alpha value is -2.80. The van der Waals surface area contributed by atoms with Gasteiger partial charge in [0.25, 0.3) is 11.7 Å². The highest BCUT2D eigenvalue weighted by Crippen LogP contribution is 2.24. The van der Waals surface area contributed by atoms with E-state index in [2.05, 4.69) is 20.1 Å². The monoisotopic (exact) mass is 472 g/mol. The number of piperazine rings is 1. The van der Waals surface area contributed by atoms with Crippen LogP contribution in [0.15, 0.2) is 6.07 Å². The number of aliphatic hydroxyl groups is 1. The fourth-order valence-electron chi connectivity index (χ4n) is 4.28. The average molecular weight is 472 g/mol. The molecule has 4 rings (SSSR count). The lowest BCUT2D eigenvalue weighted by Crippen LogP contribution is -2.55. The van der Waals surface area contributed by atoms with Crippen molar-refractivity contribution in [2.75, 3.05) is 26.2 Å². The summed E-state index contributed by atoms with van der Waals surface area (Å²) in [5.41, 5.74) is 1.77. The zero-order chi connectivity index (χ0) is 24.3. The van der Waals surface area contributed by atoms with Crippen LogP contribution in [-0.4, -0.2) is 96.0 Å². The topological polar surface area (TPSA) is 124 Å². The standard InChI is InChI=1S/C18H26N6O2.C2HF3O2/c1-12-11-13(2)24-16(20-21-18(24)19-12)17(26)23-9-7-22(8-10-23)14-5-3-4-6-15(14)25;3-2(4,5)1(6)7/h11,14-15,25H,3-10H2,1-2H3;(H,6,7)/t14-,15-;/m0./s1. The molecular formula is C20H27F3N6O4. The first-order chi connectivity index (χ1) is 15.5. The van der Waals surface area contributed by atoms with E-state index in [4.69, 9.17) is 9.90 Å². The quantitative estimate of drug-likeness (QED) is 0.673. The van der Waals surface area contributed by atoms with Crippen molar-refractivity contribution in [3.05, 3.63) is 23.3 Å². The second-order valence-electron chi connectivity index (χ2n) is 8.25. The largest absolute Gasteiger partial charge is 0.490 e. The summed E-state index contributed by atoms with van der Waals surface area (Å²) in [7, 11) is 0. The molecule has 0 aromatic carbocycles. The first-order valence-corrected chi connectivity index (χ1v) is 10.7. The van der Waals surface area contributed by atoms with Crippen LogP contribution in [-0.2, 0) is 4.79 Å². The predicted molar refractivity (Wildman–Crippen MR) is 110 cm³/mol. The van der Waals surface area contributed by atoms with Crippen LogP contribution in [0.1, 0.15) is 47.7 Å². The molecule has 2 aliphatic rings. The fraction of sp³-hybridized carbons (Fsp3) is 0.650. The van der Waals surface area contributed by atoms with Gasteiger partial charge in [-0.15, -0.1) is 10.2 Å². The van der Waals surface area contributed by atoms with Crippen LogP contribution in [0, 0.1) is 13.8 Å². The van der Waals surface area contributed by atoms with Crippen LogP contribution in [0.25, 0.3) is 5.78 Å². The average Bonchev–Trinajstić information content (AvgIpc) is 3.18. The van der Waals surface area contributed by atoms with Gasteiger partial charge in [0, 0.05) is 43.6 Å². The lowest BCUT2D eigenvalue weighted by atomic mass is 9.91. The summed E-state index contributed by atoms with van der Waals surface area (Å²) in [5.74, 6) is -2.06. The van der Waals surface area contributed by atoms with E-state index in [-0.39, 0.29) is 18.1 Å². The van der Waals surface area contributed by atoms with E-state index in [0.717, 1.165) is 43.7 Å². The second-order valence-corrected chi connectivity index (χ2v) is 8.25.